The first-order chi connectivity index (χ1) is 13.7. The van der Waals surface area contributed by atoms with Crippen molar-refractivity contribution in [2.45, 2.75) is 46.5 Å². The second-order valence-corrected chi connectivity index (χ2v) is 7.88. The zero-order valence-corrected chi connectivity index (χ0v) is 17.4. The Labute approximate surface area is 169 Å². The molecular weight excluding hydrogens is 373 g/mol. The number of aromatic nitrogens is 4. The van der Waals surface area contributed by atoms with E-state index >= 15 is 0 Å². The first-order valence-electron chi connectivity index (χ1n) is 9.63. The highest BCUT2D eigenvalue weighted by Crippen LogP contribution is 2.25. The molecule has 154 valence electrons. The van der Waals surface area contributed by atoms with Gasteiger partial charge >= 0.3 is 0 Å². The second kappa shape index (κ2) is 8.14. The normalized spacial score (nSPS) is 11.7. The van der Waals surface area contributed by atoms with Gasteiger partial charge in [-0.15, -0.1) is 0 Å². The average molecular weight is 399 g/mol. The standard InChI is InChI=1S/C21H26FN5O2/c1-6-26(12-9-18-25-19(14(2)29-18)21(3,4)5)20(28)16-8-7-15(22)13-17(16)27-23-10-11-24-27/h7-8,10-11,13H,6,9,12H2,1-5H3. The topological polar surface area (TPSA) is 77.0 Å². The van der Waals surface area contributed by atoms with Gasteiger partial charge in [0.2, 0.25) is 0 Å². The van der Waals surface area contributed by atoms with Crippen LogP contribution in [0.15, 0.2) is 35.0 Å². The highest BCUT2D eigenvalue weighted by Gasteiger charge is 2.24. The summed E-state index contributed by atoms with van der Waals surface area (Å²) in [4.78, 5) is 20.7. The number of carbonyl (C=O) groups is 1. The Morgan fingerprint density at radius 3 is 2.52 bits per heavy atom. The number of benzene rings is 1. The predicted molar refractivity (Wildman–Crippen MR) is 107 cm³/mol. The van der Waals surface area contributed by atoms with Gasteiger partial charge in [0.25, 0.3) is 5.91 Å². The number of amides is 1. The molecule has 0 saturated heterocycles. The summed E-state index contributed by atoms with van der Waals surface area (Å²) < 4.78 is 19.6. The summed E-state index contributed by atoms with van der Waals surface area (Å²) in [6.07, 6.45) is 3.45. The van der Waals surface area contributed by atoms with Gasteiger partial charge in [0, 0.05) is 31.0 Å². The number of halogens is 1. The van der Waals surface area contributed by atoms with Crippen LogP contribution in [-0.2, 0) is 11.8 Å². The number of hydrogen-bond acceptors (Lipinski definition) is 5. The lowest BCUT2D eigenvalue weighted by Gasteiger charge is -2.21. The third-order valence-electron chi connectivity index (χ3n) is 4.64. The zero-order chi connectivity index (χ0) is 21.2. The van der Waals surface area contributed by atoms with E-state index in [-0.39, 0.29) is 11.3 Å². The van der Waals surface area contributed by atoms with E-state index in [9.17, 15) is 9.18 Å². The SMILES string of the molecule is CCN(CCc1nc(C(C)(C)C)c(C)o1)C(=O)c1ccc(F)cc1-n1nccn1. The third kappa shape index (κ3) is 4.52. The van der Waals surface area contributed by atoms with Crippen molar-refractivity contribution in [2.75, 3.05) is 13.1 Å². The minimum atomic E-state index is -0.457. The van der Waals surface area contributed by atoms with Crippen LogP contribution < -0.4 is 0 Å². The van der Waals surface area contributed by atoms with Crippen LogP contribution in [-0.4, -0.2) is 43.9 Å². The van der Waals surface area contributed by atoms with Gasteiger partial charge in [-0.1, -0.05) is 20.8 Å². The van der Waals surface area contributed by atoms with Crippen molar-refractivity contribution >= 4 is 5.91 Å². The van der Waals surface area contributed by atoms with E-state index in [0.29, 0.717) is 36.7 Å². The molecule has 8 heteroatoms. The minimum absolute atomic E-state index is 0.105. The molecule has 0 aliphatic heterocycles. The summed E-state index contributed by atoms with van der Waals surface area (Å²) in [5.41, 5.74) is 1.46. The van der Waals surface area contributed by atoms with Crippen molar-refractivity contribution in [1.82, 2.24) is 24.9 Å². The maximum atomic E-state index is 13.8. The Kier molecular flexibility index (Phi) is 5.81. The summed E-state index contributed by atoms with van der Waals surface area (Å²) in [6, 6.07) is 3.99. The number of carbonyl (C=O) groups excluding carboxylic acids is 1. The van der Waals surface area contributed by atoms with E-state index in [1.165, 1.54) is 35.4 Å². The molecule has 2 aromatic heterocycles. The lowest BCUT2D eigenvalue weighted by Crippen LogP contribution is -2.33. The largest absolute Gasteiger partial charge is 0.446 e. The molecule has 2 heterocycles. The third-order valence-corrected chi connectivity index (χ3v) is 4.64. The molecular formula is C21H26FN5O2. The van der Waals surface area contributed by atoms with Gasteiger partial charge in [0.15, 0.2) is 5.89 Å². The molecule has 0 atom stereocenters. The van der Waals surface area contributed by atoms with Gasteiger partial charge in [0.1, 0.15) is 17.3 Å². The maximum absolute atomic E-state index is 13.8. The van der Waals surface area contributed by atoms with Crippen LogP contribution in [0.2, 0.25) is 0 Å². The van der Waals surface area contributed by atoms with Crippen molar-refractivity contribution in [2.24, 2.45) is 0 Å². The van der Waals surface area contributed by atoms with Gasteiger partial charge in [-0.3, -0.25) is 4.79 Å². The summed E-state index contributed by atoms with van der Waals surface area (Å²) in [6.45, 7) is 11.0. The van der Waals surface area contributed by atoms with Gasteiger partial charge in [0.05, 0.1) is 23.7 Å². The summed E-state index contributed by atoms with van der Waals surface area (Å²) in [5.74, 6) is 0.722. The smallest absolute Gasteiger partial charge is 0.256 e. The van der Waals surface area contributed by atoms with Crippen molar-refractivity contribution in [3.8, 4) is 5.69 Å². The van der Waals surface area contributed by atoms with E-state index in [1.54, 1.807) is 4.90 Å². The molecule has 0 radical (unpaired) electrons. The first-order valence-corrected chi connectivity index (χ1v) is 9.63. The van der Waals surface area contributed by atoms with Crippen molar-refractivity contribution in [1.29, 1.82) is 0 Å². The second-order valence-electron chi connectivity index (χ2n) is 7.88. The monoisotopic (exact) mass is 399 g/mol. The van der Waals surface area contributed by atoms with Gasteiger partial charge < -0.3 is 9.32 Å². The molecule has 0 aliphatic rings. The van der Waals surface area contributed by atoms with E-state index in [0.717, 1.165) is 11.5 Å². The van der Waals surface area contributed by atoms with Crippen LogP contribution in [0, 0.1) is 12.7 Å². The van der Waals surface area contributed by atoms with E-state index in [1.807, 2.05) is 13.8 Å². The lowest BCUT2D eigenvalue weighted by molar-refractivity contribution is 0.0763. The molecule has 0 fully saturated rings. The number of aryl methyl sites for hydroxylation is 1. The molecule has 0 unspecified atom stereocenters. The van der Waals surface area contributed by atoms with Crippen LogP contribution in [0.4, 0.5) is 4.39 Å². The molecule has 0 aliphatic carbocycles. The van der Waals surface area contributed by atoms with Crippen LogP contribution in [0.25, 0.3) is 5.69 Å². The van der Waals surface area contributed by atoms with Crippen LogP contribution in [0.3, 0.4) is 0 Å². The van der Waals surface area contributed by atoms with Crippen LogP contribution in [0.5, 0.6) is 0 Å². The Morgan fingerprint density at radius 1 is 1.24 bits per heavy atom. The molecule has 3 rings (SSSR count). The van der Waals surface area contributed by atoms with Crippen molar-refractivity contribution in [3.63, 3.8) is 0 Å². The average Bonchev–Trinajstić information content (AvgIpc) is 3.31. The fraction of sp³-hybridized carbons (Fsp3) is 0.429. The van der Waals surface area contributed by atoms with E-state index in [4.69, 9.17) is 4.42 Å². The molecule has 3 aromatic rings. The molecule has 0 saturated carbocycles. The minimum Gasteiger partial charge on any atom is -0.446 e. The van der Waals surface area contributed by atoms with Crippen molar-refractivity contribution in [3.05, 3.63) is 59.3 Å². The fourth-order valence-electron chi connectivity index (χ4n) is 3.25. The summed E-state index contributed by atoms with van der Waals surface area (Å²) in [5, 5.41) is 8.06. The quantitative estimate of drug-likeness (QED) is 0.632. The number of oxazole rings is 1. The molecule has 7 nitrogen and oxygen atoms in total. The number of rotatable bonds is 6. The Morgan fingerprint density at radius 2 is 1.93 bits per heavy atom. The first kappa shape index (κ1) is 20.7. The van der Waals surface area contributed by atoms with Crippen LogP contribution in [0.1, 0.15) is 55.4 Å². The van der Waals surface area contributed by atoms with Crippen LogP contribution >= 0.6 is 0 Å². The molecule has 1 aromatic carbocycles. The highest BCUT2D eigenvalue weighted by molar-refractivity contribution is 5.97. The summed E-state index contributed by atoms with van der Waals surface area (Å²) >= 11 is 0. The molecule has 29 heavy (non-hydrogen) atoms. The highest BCUT2D eigenvalue weighted by atomic mass is 19.1. The Balaban J connectivity index is 1.80. The number of hydrogen-bond donors (Lipinski definition) is 0. The maximum Gasteiger partial charge on any atom is 0.256 e. The molecule has 0 spiro atoms. The Hall–Kier alpha value is -3.03. The van der Waals surface area contributed by atoms with Gasteiger partial charge in [-0.2, -0.15) is 15.0 Å². The van der Waals surface area contributed by atoms with Gasteiger partial charge in [-0.25, -0.2) is 9.37 Å². The van der Waals surface area contributed by atoms with Gasteiger partial charge in [-0.05, 0) is 26.0 Å². The molecule has 0 bridgehead atoms. The Bertz CT molecular complexity index is 989. The lowest BCUT2D eigenvalue weighted by atomic mass is 9.91. The van der Waals surface area contributed by atoms with Crippen molar-refractivity contribution < 1.29 is 13.6 Å². The molecule has 1 amide bonds. The number of likely N-dealkylation sites (N-methyl/N-ethyl adjacent to an activating group) is 1. The van der Waals surface area contributed by atoms with E-state index in [2.05, 4.69) is 36.0 Å². The fourth-order valence-corrected chi connectivity index (χ4v) is 3.25. The number of nitrogens with zero attached hydrogens (tertiary/aromatic N) is 5. The zero-order valence-electron chi connectivity index (χ0n) is 17.4. The van der Waals surface area contributed by atoms with E-state index < -0.39 is 5.82 Å². The summed E-state index contributed by atoms with van der Waals surface area (Å²) in [7, 11) is 0. The predicted octanol–water partition coefficient (Wildman–Crippen LogP) is 3.71. The molecule has 0 N–H and O–H groups in total.